The van der Waals surface area contributed by atoms with Crippen LogP contribution in [-0.4, -0.2) is 30.0 Å². The Bertz CT molecular complexity index is 193. The maximum atomic E-state index is 11.0. The van der Waals surface area contributed by atoms with E-state index >= 15 is 0 Å². The van der Waals surface area contributed by atoms with E-state index in [1.807, 2.05) is 0 Å². The molecule has 0 bridgehead atoms. The average Bonchev–Trinajstić information content (AvgIpc) is 2.16. The summed E-state index contributed by atoms with van der Waals surface area (Å²) in [6.45, 7) is 3.78. The highest BCUT2D eigenvalue weighted by Crippen LogP contribution is 2.05. The van der Waals surface area contributed by atoms with Gasteiger partial charge in [0.15, 0.2) is 0 Å². The van der Waals surface area contributed by atoms with Crippen LogP contribution in [0.5, 0.6) is 0 Å². The third-order valence-electron chi connectivity index (χ3n) is 1.46. The van der Waals surface area contributed by atoms with E-state index < -0.39 is 6.10 Å². The Kier molecular flexibility index (Phi) is 7.47. The summed E-state index contributed by atoms with van der Waals surface area (Å²) < 4.78 is 9.72. The number of esters is 2. The van der Waals surface area contributed by atoms with Crippen LogP contribution in [0.4, 0.5) is 0 Å². The van der Waals surface area contributed by atoms with Crippen molar-refractivity contribution in [1.82, 2.24) is 0 Å². The van der Waals surface area contributed by atoms with Crippen LogP contribution in [0.3, 0.4) is 0 Å². The van der Waals surface area contributed by atoms with Gasteiger partial charge in [0, 0.05) is 11.8 Å². The molecule has 0 aromatic rings. The summed E-state index contributed by atoms with van der Waals surface area (Å²) in [5.74, 6) is -0.653. The highest BCUT2D eigenvalue weighted by atomic mass is 79.9. The van der Waals surface area contributed by atoms with E-state index in [9.17, 15) is 9.59 Å². The molecule has 82 valence electrons. The molecular weight excluding hydrogens is 252 g/mol. The standard InChI is InChI=1S/C9H15BrO4/c1-3-8(11)14-7(6-10)5-9(12)13-4-2/h7H,3-6H2,1-2H3. The average molecular weight is 267 g/mol. The van der Waals surface area contributed by atoms with E-state index in [2.05, 4.69) is 15.9 Å². The van der Waals surface area contributed by atoms with Gasteiger partial charge in [0.25, 0.3) is 0 Å². The van der Waals surface area contributed by atoms with Crippen molar-refractivity contribution in [3.8, 4) is 0 Å². The maximum Gasteiger partial charge on any atom is 0.309 e. The molecule has 1 atom stereocenters. The fourth-order valence-corrected chi connectivity index (χ4v) is 1.16. The van der Waals surface area contributed by atoms with E-state index in [0.717, 1.165) is 0 Å². The molecule has 14 heavy (non-hydrogen) atoms. The van der Waals surface area contributed by atoms with Crippen LogP contribution in [0.15, 0.2) is 0 Å². The molecule has 1 unspecified atom stereocenters. The highest BCUT2D eigenvalue weighted by Gasteiger charge is 2.16. The predicted octanol–water partition coefficient (Wildman–Crippen LogP) is 1.66. The fourth-order valence-electron chi connectivity index (χ4n) is 0.803. The second kappa shape index (κ2) is 7.79. The van der Waals surface area contributed by atoms with Gasteiger partial charge in [-0.1, -0.05) is 22.9 Å². The van der Waals surface area contributed by atoms with Gasteiger partial charge in [-0.15, -0.1) is 0 Å². The van der Waals surface area contributed by atoms with Crippen molar-refractivity contribution < 1.29 is 19.1 Å². The minimum absolute atomic E-state index is 0.102. The molecule has 5 heteroatoms. The topological polar surface area (TPSA) is 52.6 Å². The van der Waals surface area contributed by atoms with E-state index in [0.29, 0.717) is 18.4 Å². The summed E-state index contributed by atoms with van der Waals surface area (Å²) in [7, 11) is 0. The monoisotopic (exact) mass is 266 g/mol. The first-order valence-corrected chi connectivity index (χ1v) is 5.67. The van der Waals surface area contributed by atoms with Gasteiger partial charge in [-0.3, -0.25) is 9.59 Å². The Balaban J connectivity index is 3.89. The Hall–Kier alpha value is -0.580. The minimum Gasteiger partial charge on any atom is -0.466 e. The normalized spacial score (nSPS) is 11.9. The molecule has 0 heterocycles. The van der Waals surface area contributed by atoms with Crippen molar-refractivity contribution in [1.29, 1.82) is 0 Å². The molecule has 0 saturated carbocycles. The van der Waals surface area contributed by atoms with Crippen molar-refractivity contribution in [3.05, 3.63) is 0 Å². The summed E-state index contributed by atoms with van der Waals surface area (Å²) in [6.07, 6.45) is -0.0153. The number of rotatable bonds is 6. The first-order valence-electron chi connectivity index (χ1n) is 4.55. The second-order valence-electron chi connectivity index (χ2n) is 2.63. The molecule has 0 spiro atoms. The van der Waals surface area contributed by atoms with E-state index in [1.54, 1.807) is 13.8 Å². The lowest BCUT2D eigenvalue weighted by Crippen LogP contribution is -2.23. The van der Waals surface area contributed by atoms with Crippen LogP contribution in [-0.2, 0) is 19.1 Å². The lowest BCUT2D eigenvalue weighted by molar-refractivity contribution is -0.153. The fraction of sp³-hybridized carbons (Fsp3) is 0.778. The zero-order valence-corrected chi connectivity index (χ0v) is 10.0. The number of ether oxygens (including phenoxy) is 2. The summed E-state index contributed by atoms with van der Waals surface area (Å²) in [6, 6.07) is 0. The van der Waals surface area contributed by atoms with Gasteiger partial charge in [-0.2, -0.15) is 0 Å². The first kappa shape index (κ1) is 13.4. The first-order chi connectivity index (χ1) is 6.63. The third kappa shape index (κ3) is 5.96. The predicted molar refractivity (Wildman–Crippen MR) is 55.2 cm³/mol. The molecule has 4 nitrogen and oxygen atoms in total. The molecule has 0 saturated heterocycles. The van der Waals surface area contributed by atoms with Gasteiger partial charge in [0.2, 0.25) is 0 Å². The number of hydrogen-bond donors (Lipinski definition) is 0. The molecule has 0 radical (unpaired) electrons. The van der Waals surface area contributed by atoms with Gasteiger partial charge in [-0.05, 0) is 6.92 Å². The molecule has 0 aromatic carbocycles. The summed E-state index contributed by atoms with van der Waals surface area (Å²) in [4.78, 5) is 22.0. The largest absolute Gasteiger partial charge is 0.466 e. The van der Waals surface area contributed by atoms with E-state index in [1.165, 1.54) is 0 Å². The van der Waals surface area contributed by atoms with Crippen LogP contribution >= 0.6 is 15.9 Å². The Morgan fingerprint density at radius 2 is 1.93 bits per heavy atom. The van der Waals surface area contributed by atoms with Gasteiger partial charge in [0.05, 0.1) is 13.0 Å². The Morgan fingerprint density at radius 1 is 1.29 bits per heavy atom. The van der Waals surface area contributed by atoms with Crippen LogP contribution in [0.2, 0.25) is 0 Å². The SMILES string of the molecule is CCOC(=O)CC(CBr)OC(=O)CC. The molecule has 0 amide bonds. The number of halogens is 1. The number of carbonyl (C=O) groups excluding carboxylic acids is 2. The van der Waals surface area contributed by atoms with Gasteiger partial charge in [-0.25, -0.2) is 0 Å². The molecule has 0 aliphatic heterocycles. The Labute approximate surface area is 92.1 Å². The number of carbonyl (C=O) groups is 2. The van der Waals surface area contributed by atoms with Crippen molar-refractivity contribution in [2.45, 2.75) is 32.8 Å². The third-order valence-corrected chi connectivity index (χ3v) is 2.18. The van der Waals surface area contributed by atoms with Gasteiger partial charge in [0.1, 0.15) is 6.10 Å². The van der Waals surface area contributed by atoms with Crippen LogP contribution in [0.1, 0.15) is 26.7 Å². The van der Waals surface area contributed by atoms with Crippen molar-refractivity contribution in [3.63, 3.8) is 0 Å². The van der Waals surface area contributed by atoms with E-state index in [-0.39, 0.29) is 18.4 Å². The lowest BCUT2D eigenvalue weighted by Gasteiger charge is -2.13. The molecule has 0 aromatic heterocycles. The Morgan fingerprint density at radius 3 is 2.36 bits per heavy atom. The summed E-state index contributed by atoms with van der Waals surface area (Å²) in [5, 5.41) is 0.442. The van der Waals surface area contributed by atoms with Gasteiger partial charge >= 0.3 is 11.9 Å². The molecular formula is C9H15BrO4. The molecule has 0 fully saturated rings. The molecule has 0 rings (SSSR count). The minimum atomic E-state index is -0.429. The number of hydrogen-bond acceptors (Lipinski definition) is 4. The van der Waals surface area contributed by atoms with Crippen LogP contribution in [0, 0.1) is 0 Å². The second-order valence-corrected chi connectivity index (χ2v) is 3.28. The van der Waals surface area contributed by atoms with Gasteiger partial charge < -0.3 is 9.47 Å². The van der Waals surface area contributed by atoms with Crippen LogP contribution in [0.25, 0.3) is 0 Å². The lowest BCUT2D eigenvalue weighted by atomic mass is 10.3. The number of alkyl halides is 1. The molecule has 0 N–H and O–H groups in total. The van der Waals surface area contributed by atoms with Crippen LogP contribution < -0.4 is 0 Å². The zero-order valence-electron chi connectivity index (χ0n) is 8.42. The van der Waals surface area contributed by atoms with Crippen molar-refractivity contribution >= 4 is 27.9 Å². The molecule has 0 aliphatic carbocycles. The quantitative estimate of drug-likeness (QED) is 0.542. The summed E-state index contributed by atoms with van der Waals surface area (Å²) >= 11 is 3.17. The van der Waals surface area contributed by atoms with Crippen molar-refractivity contribution in [2.24, 2.45) is 0 Å². The maximum absolute atomic E-state index is 11.0. The van der Waals surface area contributed by atoms with E-state index in [4.69, 9.17) is 9.47 Å². The zero-order chi connectivity index (χ0) is 11.0. The van der Waals surface area contributed by atoms with Crippen molar-refractivity contribution in [2.75, 3.05) is 11.9 Å². The molecule has 0 aliphatic rings. The summed E-state index contributed by atoms with van der Waals surface area (Å²) in [5.41, 5.74) is 0. The highest BCUT2D eigenvalue weighted by molar-refractivity contribution is 9.09. The smallest absolute Gasteiger partial charge is 0.309 e.